The molecule has 0 spiro atoms. The Labute approximate surface area is 109 Å². The summed E-state index contributed by atoms with van der Waals surface area (Å²) < 4.78 is 0. The van der Waals surface area contributed by atoms with Crippen molar-refractivity contribution in [2.45, 2.75) is 33.2 Å². The largest absolute Gasteiger partial charge is 0.352 e. The van der Waals surface area contributed by atoms with Crippen molar-refractivity contribution >= 4 is 18.3 Å². The lowest BCUT2D eigenvalue weighted by molar-refractivity contribution is -0.121. The van der Waals surface area contributed by atoms with Crippen LogP contribution in [-0.4, -0.2) is 18.5 Å². The summed E-state index contributed by atoms with van der Waals surface area (Å²) >= 11 is 0. The summed E-state index contributed by atoms with van der Waals surface area (Å²) in [7, 11) is 0. The van der Waals surface area contributed by atoms with Gasteiger partial charge in [0.15, 0.2) is 0 Å². The Balaban J connectivity index is 0.00000256. The number of nitrogens with one attached hydrogen (secondary N) is 1. The van der Waals surface area contributed by atoms with Crippen molar-refractivity contribution in [3.63, 3.8) is 0 Å². The molecule has 0 unspecified atom stereocenters. The fourth-order valence-corrected chi connectivity index (χ4v) is 1.55. The maximum atomic E-state index is 11.7. The van der Waals surface area contributed by atoms with Crippen molar-refractivity contribution in [2.75, 3.05) is 6.54 Å². The van der Waals surface area contributed by atoms with E-state index in [9.17, 15) is 4.79 Å². The Morgan fingerprint density at radius 3 is 2.65 bits per heavy atom. The van der Waals surface area contributed by atoms with Crippen LogP contribution in [0.1, 0.15) is 23.6 Å². The molecule has 1 atom stereocenters. The third-order valence-corrected chi connectivity index (χ3v) is 2.62. The van der Waals surface area contributed by atoms with Gasteiger partial charge in [-0.05, 0) is 31.9 Å². The minimum absolute atomic E-state index is 0. The lowest BCUT2D eigenvalue weighted by Gasteiger charge is -2.12. The summed E-state index contributed by atoms with van der Waals surface area (Å²) in [5, 5.41) is 2.86. The monoisotopic (exact) mass is 256 g/mol. The third kappa shape index (κ3) is 5.20. The van der Waals surface area contributed by atoms with Crippen molar-refractivity contribution < 1.29 is 4.79 Å². The van der Waals surface area contributed by atoms with Crippen LogP contribution in [0.25, 0.3) is 0 Å². The van der Waals surface area contributed by atoms with E-state index >= 15 is 0 Å². The number of nitrogens with two attached hydrogens (primary N) is 1. The first-order chi connectivity index (χ1) is 7.52. The summed E-state index contributed by atoms with van der Waals surface area (Å²) in [5.41, 5.74) is 8.87. The number of carbonyl (C=O) groups is 1. The van der Waals surface area contributed by atoms with Gasteiger partial charge in [0.2, 0.25) is 5.91 Å². The Morgan fingerprint density at radius 1 is 1.41 bits per heavy atom. The van der Waals surface area contributed by atoms with Gasteiger partial charge in [0, 0.05) is 12.6 Å². The van der Waals surface area contributed by atoms with E-state index in [-0.39, 0.29) is 24.4 Å². The predicted octanol–water partition coefficient (Wildman–Crippen LogP) is 1.73. The molecule has 1 rings (SSSR count). The molecular weight excluding hydrogens is 236 g/mol. The first kappa shape index (κ1) is 15.9. The zero-order valence-corrected chi connectivity index (χ0v) is 11.4. The predicted molar refractivity (Wildman–Crippen MR) is 73.5 cm³/mol. The number of carbonyl (C=O) groups excluding carboxylic acids is 1. The van der Waals surface area contributed by atoms with Gasteiger partial charge < -0.3 is 11.1 Å². The molecule has 0 aromatic heterocycles. The average Bonchev–Trinajstić information content (AvgIpc) is 2.23. The van der Waals surface area contributed by atoms with Crippen LogP contribution in [0.2, 0.25) is 0 Å². The molecule has 0 saturated heterocycles. The molecule has 0 aliphatic carbocycles. The van der Waals surface area contributed by atoms with E-state index in [1.807, 2.05) is 26.8 Å². The van der Waals surface area contributed by atoms with Gasteiger partial charge in [-0.1, -0.05) is 23.8 Å². The zero-order valence-electron chi connectivity index (χ0n) is 10.6. The van der Waals surface area contributed by atoms with Gasteiger partial charge in [0.05, 0.1) is 6.42 Å². The second-order valence-electron chi connectivity index (χ2n) is 4.31. The van der Waals surface area contributed by atoms with E-state index in [4.69, 9.17) is 5.73 Å². The highest BCUT2D eigenvalue weighted by molar-refractivity contribution is 5.85. The Morgan fingerprint density at radius 2 is 2.06 bits per heavy atom. The first-order valence-electron chi connectivity index (χ1n) is 5.58. The topological polar surface area (TPSA) is 55.1 Å². The normalized spacial score (nSPS) is 11.5. The van der Waals surface area contributed by atoms with Crippen LogP contribution in [0.3, 0.4) is 0 Å². The summed E-state index contributed by atoms with van der Waals surface area (Å²) in [6, 6.07) is 6.20. The Bertz CT molecular complexity index is 380. The highest BCUT2D eigenvalue weighted by Gasteiger charge is 2.08. The van der Waals surface area contributed by atoms with Crippen LogP contribution < -0.4 is 11.1 Å². The third-order valence-electron chi connectivity index (χ3n) is 2.62. The van der Waals surface area contributed by atoms with Crippen LogP contribution >= 0.6 is 12.4 Å². The van der Waals surface area contributed by atoms with E-state index in [0.29, 0.717) is 13.0 Å². The van der Waals surface area contributed by atoms with Crippen LogP contribution in [0.4, 0.5) is 0 Å². The van der Waals surface area contributed by atoms with E-state index in [0.717, 1.165) is 11.1 Å². The van der Waals surface area contributed by atoms with E-state index < -0.39 is 0 Å². The number of amides is 1. The van der Waals surface area contributed by atoms with Gasteiger partial charge in [-0.25, -0.2) is 0 Å². The number of hydrogen-bond acceptors (Lipinski definition) is 2. The van der Waals surface area contributed by atoms with Gasteiger partial charge in [0.1, 0.15) is 0 Å². The zero-order chi connectivity index (χ0) is 12.1. The molecule has 0 aliphatic heterocycles. The van der Waals surface area contributed by atoms with Crippen LogP contribution in [0, 0.1) is 13.8 Å². The summed E-state index contributed by atoms with van der Waals surface area (Å²) in [5.74, 6) is 0.0339. The molecule has 1 aromatic carbocycles. The second kappa shape index (κ2) is 7.30. The van der Waals surface area contributed by atoms with Crippen LogP contribution in [0.5, 0.6) is 0 Å². The molecule has 0 fully saturated rings. The molecule has 0 saturated carbocycles. The molecule has 0 heterocycles. The van der Waals surface area contributed by atoms with Crippen LogP contribution in [-0.2, 0) is 11.2 Å². The van der Waals surface area contributed by atoms with Gasteiger partial charge in [-0.3, -0.25) is 4.79 Å². The quantitative estimate of drug-likeness (QED) is 0.862. The average molecular weight is 257 g/mol. The molecule has 3 N–H and O–H groups in total. The van der Waals surface area contributed by atoms with Crippen molar-refractivity contribution in [1.29, 1.82) is 0 Å². The minimum Gasteiger partial charge on any atom is -0.352 e. The van der Waals surface area contributed by atoms with Gasteiger partial charge in [-0.15, -0.1) is 12.4 Å². The molecular formula is C13H21ClN2O. The Hall–Kier alpha value is -1.06. The number of aryl methyl sites for hydroxylation is 2. The fourth-order valence-electron chi connectivity index (χ4n) is 1.55. The molecule has 1 amide bonds. The lowest BCUT2D eigenvalue weighted by atomic mass is 10.0. The SMILES string of the molecule is Cc1ccc(C)c(CC(=O)N[C@@H](C)CN)c1.Cl. The fraction of sp³-hybridized carbons (Fsp3) is 0.462. The lowest BCUT2D eigenvalue weighted by Crippen LogP contribution is -2.38. The molecule has 1 aromatic rings. The molecule has 17 heavy (non-hydrogen) atoms. The van der Waals surface area contributed by atoms with E-state index in [1.54, 1.807) is 0 Å². The maximum Gasteiger partial charge on any atom is 0.224 e. The number of rotatable bonds is 4. The number of halogens is 1. The molecule has 0 bridgehead atoms. The van der Waals surface area contributed by atoms with E-state index in [2.05, 4.69) is 17.4 Å². The van der Waals surface area contributed by atoms with Crippen molar-refractivity contribution in [1.82, 2.24) is 5.32 Å². The number of benzene rings is 1. The van der Waals surface area contributed by atoms with Gasteiger partial charge in [-0.2, -0.15) is 0 Å². The van der Waals surface area contributed by atoms with Crippen molar-refractivity contribution in [2.24, 2.45) is 5.73 Å². The van der Waals surface area contributed by atoms with Gasteiger partial charge in [0.25, 0.3) is 0 Å². The van der Waals surface area contributed by atoms with Gasteiger partial charge >= 0.3 is 0 Å². The smallest absolute Gasteiger partial charge is 0.224 e. The summed E-state index contributed by atoms with van der Waals surface area (Å²) in [4.78, 5) is 11.7. The summed E-state index contributed by atoms with van der Waals surface area (Å²) in [6.07, 6.45) is 0.428. The number of hydrogen-bond donors (Lipinski definition) is 2. The van der Waals surface area contributed by atoms with Crippen LogP contribution in [0.15, 0.2) is 18.2 Å². The van der Waals surface area contributed by atoms with Crippen molar-refractivity contribution in [3.8, 4) is 0 Å². The summed E-state index contributed by atoms with van der Waals surface area (Å²) in [6.45, 7) is 6.43. The molecule has 0 radical (unpaired) electrons. The first-order valence-corrected chi connectivity index (χ1v) is 5.58. The second-order valence-corrected chi connectivity index (χ2v) is 4.31. The van der Waals surface area contributed by atoms with Crippen molar-refractivity contribution in [3.05, 3.63) is 34.9 Å². The van der Waals surface area contributed by atoms with E-state index in [1.165, 1.54) is 5.56 Å². The highest BCUT2D eigenvalue weighted by atomic mass is 35.5. The maximum absolute atomic E-state index is 11.7. The molecule has 96 valence electrons. The molecule has 3 nitrogen and oxygen atoms in total. The highest BCUT2D eigenvalue weighted by Crippen LogP contribution is 2.11. The Kier molecular flexibility index (Phi) is 6.85. The minimum atomic E-state index is 0. The molecule has 0 aliphatic rings. The molecule has 4 heteroatoms. The standard InChI is InChI=1S/C13H20N2O.ClH/c1-9-4-5-10(2)12(6-9)7-13(16)15-11(3)8-14;/h4-6,11H,7-8,14H2,1-3H3,(H,15,16);1H/t11-;/m0./s1.